The van der Waals surface area contributed by atoms with Gasteiger partial charge in [0.15, 0.2) is 6.23 Å². The fraction of sp³-hybridized carbons (Fsp3) is 0.387. The summed E-state index contributed by atoms with van der Waals surface area (Å²) in [5.41, 5.74) is 5.80. The summed E-state index contributed by atoms with van der Waals surface area (Å²) in [6, 6.07) is 25.9. The van der Waals surface area contributed by atoms with Crippen LogP contribution in [0, 0.1) is 5.92 Å². The molecule has 214 valence electrons. The highest BCUT2D eigenvalue weighted by Gasteiger charge is 2.32. The smallest absolute Gasteiger partial charge is 0.450 e. The summed E-state index contributed by atoms with van der Waals surface area (Å²) < 4.78 is 17.8. The molecule has 1 aliphatic rings. The van der Waals surface area contributed by atoms with Crippen LogP contribution in [0.2, 0.25) is 0 Å². The van der Waals surface area contributed by atoms with E-state index in [-0.39, 0.29) is 25.2 Å². The third-order valence-electron chi connectivity index (χ3n) is 6.74. The van der Waals surface area contributed by atoms with Gasteiger partial charge in [0, 0.05) is 5.92 Å². The lowest BCUT2D eigenvalue weighted by Gasteiger charge is -2.32. The number of nitrogens with one attached hydrogen (secondary N) is 3. The molecular weight excluding hydrogens is 510 g/mol. The van der Waals surface area contributed by atoms with E-state index in [1.807, 2.05) is 54.6 Å². The molecule has 40 heavy (non-hydrogen) atoms. The average molecular weight is 550 g/mol. The van der Waals surface area contributed by atoms with Gasteiger partial charge in [0.2, 0.25) is 6.41 Å². The maximum atomic E-state index is 11.6. The zero-order valence-corrected chi connectivity index (χ0v) is 23.0. The first kappa shape index (κ1) is 29.7. The maximum absolute atomic E-state index is 11.6. The first-order chi connectivity index (χ1) is 19.5. The molecule has 0 spiro atoms. The van der Waals surface area contributed by atoms with Crippen molar-refractivity contribution >= 4 is 6.16 Å². The van der Waals surface area contributed by atoms with E-state index in [4.69, 9.17) is 19.3 Å². The molecule has 0 unspecified atom stereocenters. The summed E-state index contributed by atoms with van der Waals surface area (Å²) >= 11 is 0. The molecule has 0 aromatic heterocycles. The van der Waals surface area contributed by atoms with Gasteiger partial charge in [-0.1, -0.05) is 92.7 Å². The Balaban J connectivity index is 1.56. The van der Waals surface area contributed by atoms with E-state index in [0.29, 0.717) is 19.6 Å². The molecule has 0 bridgehead atoms. The van der Waals surface area contributed by atoms with E-state index in [0.717, 1.165) is 5.56 Å². The number of hydrogen-bond donors (Lipinski definition) is 5. The van der Waals surface area contributed by atoms with E-state index >= 15 is 0 Å². The van der Waals surface area contributed by atoms with Gasteiger partial charge in [0.05, 0.1) is 32.7 Å². The predicted octanol–water partition coefficient (Wildman–Crippen LogP) is 4.08. The van der Waals surface area contributed by atoms with Gasteiger partial charge >= 0.3 is 6.16 Å². The Labute approximate surface area is 235 Å². The first-order valence-electron chi connectivity index (χ1n) is 13.6. The predicted molar refractivity (Wildman–Crippen MR) is 152 cm³/mol. The van der Waals surface area contributed by atoms with Crippen molar-refractivity contribution in [2.75, 3.05) is 26.6 Å². The lowest BCUT2D eigenvalue weighted by Crippen LogP contribution is -2.57. The number of aliphatic hydroxyl groups is 1. The molecule has 0 saturated heterocycles. The van der Waals surface area contributed by atoms with Gasteiger partial charge in [0.25, 0.3) is 0 Å². The Morgan fingerprint density at radius 3 is 2.12 bits per heavy atom. The van der Waals surface area contributed by atoms with E-state index in [9.17, 15) is 9.90 Å². The molecule has 9 nitrogen and oxygen atoms in total. The van der Waals surface area contributed by atoms with E-state index in [1.54, 1.807) is 0 Å². The van der Waals surface area contributed by atoms with Gasteiger partial charge in [0.1, 0.15) is 0 Å². The minimum Gasteiger partial charge on any atom is -0.450 e. The number of carbonyl (C=O) groups is 1. The molecule has 0 heterocycles. The number of aliphatic hydroxyl groups excluding tert-OH is 1. The fourth-order valence-electron chi connectivity index (χ4n) is 4.95. The number of carboxylic acid groups (broad SMARTS) is 1. The van der Waals surface area contributed by atoms with E-state index in [1.165, 1.54) is 22.3 Å². The normalized spacial score (nSPS) is 14.9. The first-order valence-corrected chi connectivity index (χ1v) is 13.6. The van der Waals surface area contributed by atoms with Gasteiger partial charge in [-0.2, -0.15) is 0 Å². The summed E-state index contributed by atoms with van der Waals surface area (Å²) in [6.07, 6.45) is -2.77. The summed E-state index contributed by atoms with van der Waals surface area (Å²) in [5.74, 6) is 0.288. The quantitative estimate of drug-likeness (QED) is 0.102. The Morgan fingerprint density at radius 2 is 1.52 bits per heavy atom. The van der Waals surface area contributed by atoms with Crippen molar-refractivity contribution in [3.05, 3.63) is 95.6 Å². The van der Waals surface area contributed by atoms with Crippen LogP contribution in [-0.4, -0.2) is 61.7 Å². The second kappa shape index (κ2) is 14.9. The second-order valence-corrected chi connectivity index (χ2v) is 10.2. The molecule has 0 fully saturated rings. The molecular formula is C31H39N3O6. The van der Waals surface area contributed by atoms with Crippen LogP contribution in [0.15, 0.2) is 78.9 Å². The Morgan fingerprint density at radius 1 is 0.900 bits per heavy atom. The average Bonchev–Trinajstić information content (AvgIpc) is 3.27. The maximum Gasteiger partial charge on any atom is 0.507 e. The molecule has 9 heteroatoms. The van der Waals surface area contributed by atoms with Crippen LogP contribution in [0.25, 0.3) is 11.1 Å². The van der Waals surface area contributed by atoms with Gasteiger partial charge in [-0.25, -0.2) is 4.79 Å². The van der Waals surface area contributed by atoms with Gasteiger partial charge in [-0.05, 0) is 40.2 Å². The number of benzene rings is 3. The number of ether oxygens (including phenoxy) is 3. The fourth-order valence-corrected chi connectivity index (χ4v) is 4.95. The van der Waals surface area contributed by atoms with Crippen LogP contribution >= 0.6 is 0 Å². The van der Waals surface area contributed by atoms with Crippen LogP contribution in [-0.2, 0) is 20.6 Å². The molecule has 3 atom stereocenters. The van der Waals surface area contributed by atoms with E-state index in [2.05, 4.69) is 54.1 Å². The molecule has 4 rings (SSSR count). The van der Waals surface area contributed by atoms with Gasteiger partial charge in [-0.3, -0.25) is 16.0 Å². The van der Waals surface area contributed by atoms with Crippen molar-refractivity contribution in [2.45, 2.75) is 44.9 Å². The largest absolute Gasteiger partial charge is 0.507 e. The molecule has 0 radical (unpaired) electrons. The lowest BCUT2D eigenvalue weighted by atomic mass is 9.98. The summed E-state index contributed by atoms with van der Waals surface area (Å²) in [4.78, 5) is 11.6. The van der Waals surface area contributed by atoms with Crippen molar-refractivity contribution in [1.82, 2.24) is 16.0 Å². The van der Waals surface area contributed by atoms with Crippen molar-refractivity contribution in [3.63, 3.8) is 0 Å². The van der Waals surface area contributed by atoms with Crippen LogP contribution < -0.4 is 16.0 Å². The number of rotatable bonds is 16. The minimum absolute atomic E-state index is 0.0323. The van der Waals surface area contributed by atoms with Crippen molar-refractivity contribution in [2.24, 2.45) is 5.92 Å². The van der Waals surface area contributed by atoms with Crippen molar-refractivity contribution in [1.29, 1.82) is 0 Å². The standard InChI is InChI=1S/C31H39N3O6/c1-21(2)17-38-30(39-18-27-25-14-8-6-12-23(25)24-13-7-9-15-26(24)27)34-28(16-22-10-4-3-5-11-22)29(40-31(36)37)33-19-32-20-35/h3-15,21,27-30,32-35H,16-20H2,1-2H3,(H,36,37)/t28-,29-,30-/m0/s1. The zero-order chi connectivity index (χ0) is 28.3. The summed E-state index contributed by atoms with van der Waals surface area (Å²) in [7, 11) is 0. The lowest BCUT2D eigenvalue weighted by molar-refractivity contribution is -0.177. The van der Waals surface area contributed by atoms with Crippen LogP contribution in [0.4, 0.5) is 4.79 Å². The van der Waals surface area contributed by atoms with Crippen molar-refractivity contribution < 1.29 is 29.2 Å². The molecule has 0 saturated carbocycles. The van der Waals surface area contributed by atoms with Crippen LogP contribution in [0.5, 0.6) is 0 Å². The summed E-state index contributed by atoms with van der Waals surface area (Å²) in [6.45, 7) is 4.79. The molecule has 1 aliphatic carbocycles. The van der Waals surface area contributed by atoms with E-state index < -0.39 is 24.8 Å². The highest BCUT2D eigenvalue weighted by Crippen LogP contribution is 2.44. The molecule has 0 aliphatic heterocycles. The van der Waals surface area contributed by atoms with Crippen LogP contribution in [0.1, 0.15) is 36.5 Å². The highest BCUT2D eigenvalue weighted by atomic mass is 16.7. The third kappa shape index (κ3) is 8.11. The Bertz CT molecular complexity index is 1160. The number of hydrogen-bond acceptors (Lipinski definition) is 8. The van der Waals surface area contributed by atoms with Crippen LogP contribution in [0.3, 0.4) is 0 Å². The summed E-state index contributed by atoms with van der Waals surface area (Å²) in [5, 5.41) is 27.7. The highest BCUT2D eigenvalue weighted by molar-refractivity contribution is 5.78. The third-order valence-corrected chi connectivity index (χ3v) is 6.74. The molecule has 0 amide bonds. The SMILES string of the molecule is CC(C)CO[C@H](N[C@@H](Cc1ccccc1)[C@@H](NCNCO)OC(=O)O)OCC1c2ccccc2-c2ccccc21. The molecule has 3 aromatic rings. The number of fused-ring (bicyclic) bond motifs is 3. The Kier molecular flexibility index (Phi) is 11.1. The van der Waals surface area contributed by atoms with Gasteiger partial charge in [-0.15, -0.1) is 0 Å². The minimum atomic E-state index is -1.42. The van der Waals surface area contributed by atoms with Crippen molar-refractivity contribution in [3.8, 4) is 11.1 Å². The Hall–Kier alpha value is -3.31. The second-order valence-electron chi connectivity index (χ2n) is 10.2. The van der Waals surface area contributed by atoms with Gasteiger partial charge < -0.3 is 24.4 Å². The zero-order valence-electron chi connectivity index (χ0n) is 23.0. The molecule has 5 N–H and O–H groups in total. The topological polar surface area (TPSA) is 121 Å². The molecule has 3 aromatic carbocycles. The monoisotopic (exact) mass is 549 g/mol.